The van der Waals surface area contributed by atoms with Gasteiger partial charge in [0.2, 0.25) is 5.95 Å². The molecule has 2 rings (SSSR count). The summed E-state index contributed by atoms with van der Waals surface area (Å²) in [6.07, 6.45) is 4.36. The molecule has 0 saturated carbocycles. The summed E-state index contributed by atoms with van der Waals surface area (Å²) in [4.78, 5) is 20.3. The van der Waals surface area contributed by atoms with Crippen LogP contribution in [0.1, 0.15) is 36.2 Å². The number of anilines is 1. The third-order valence-corrected chi connectivity index (χ3v) is 3.54. The Morgan fingerprint density at radius 1 is 1.26 bits per heavy atom. The van der Waals surface area contributed by atoms with E-state index in [0.29, 0.717) is 30.0 Å². The van der Waals surface area contributed by atoms with Crippen molar-refractivity contribution in [3.63, 3.8) is 0 Å². The van der Waals surface area contributed by atoms with Gasteiger partial charge in [0.1, 0.15) is 5.82 Å². The molecule has 0 aliphatic heterocycles. The molecule has 1 heterocycles. The minimum atomic E-state index is -0.267. The van der Waals surface area contributed by atoms with Crippen molar-refractivity contribution in [3.05, 3.63) is 53.6 Å². The maximum atomic E-state index is 13.5. The number of halogens is 1. The Morgan fingerprint density at radius 2 is 1.96 bits per heavy atom. The van der Waals surface area contributed by atoms with Gasteiger partial charge < -0.3 is 10.6 Å². The number of aromatic nitrogens is 2. The molecule has 1 amide bonds. The van der Waals surface area contributed by atoms with Crippen LogP contribution in [-0.2, 0) is 6.42 Å². The normalized spacial score (nSPS) is 11.8. The third-order valence-electron chi connectivity index (χ3n) is 3.54. The van der Waals surface area contributed by atoms with Gasteiger partial charge in [-0.05, 0) is 31.4 Å². The molecule has 122 valence electrons. The van der Waals surface area contributed by atoms with Gasteiger partial charge in [0, 0.05) is 25.0 Å². The highest BCUT2D eigenvalue weighted by Gasteiger charge is 2.08. The number of amides is 1. The molecule has 0 saturated heterocycles. The summed E-state index contributed by atoms with van der Waals surface area (Å²) in [7, 11) is 0. The molecule has 0 spiro atoms. The van der Waals surface area contributed by atoms with Crippen LogP contribution in [0, 0.1) is 5.82 Å². The van der Waals surface area contributed by atoms with Crippen molar-refractivity contribution >= 4 is 11.9 Å². The largest absolute Gasteiger partial charge is 0.352 e. The summed E-state index contributed by atoms with van der Waals surface area (Å²) in [6, 6.07) is 6.81. The van der Waals surface area contributed by atoms with E-state index in [1.54, 1.807) is 18.2 Å². The van der Waals surface area contributed by atoms with Crippen molar-refractivity contribution < 1.29 is 9.18 Å². The van der Waals surface area contributed by atoms with Crippen LogP contribution in [0.25, 0.3) is 0 Å². The molecule has 1 unspecified atom stereocenters. The zero-order valence-electron chi connectivity index (χ0n) is 13.3. The number of hydrogen-bond donors (Lipinski definition) is 2. The van der Waals surface area contributed by atoms with Gasteiger partial charge in [-0.25, -0.2) is 14.4 Å². The fourth-order valence-corrected chi connectivity index (χ4v) is 1.96. The third kappa shape index (κ3) is 5.02. The number of benzene rings is 1. The second kappa shape index (κ2) is 8.22. The first kappa shape index (κ1) is 16.9. The number of carbonyl (C=O) groups is 1. The number of nitrogens with one attached hydrogen (secondary N) is 2. The number of rotatable bonds is 7. The Kier molecular flexibility index (Phi) is 6.02. The number of nitrogens with zero attached hydrogens (tertiary/aromatic N) is 2. The fourth-order valence-electron chi connectivity index (χ4n) is 1.96. The van der Waals surface area contributed by atoms with E-state index < -0.39 is 0 Å². The van der Waals surface area contributed by atoms with Gasteiger partial charge in [-0.1, -0.05) is 25.1 Å². The predicted octanol–water partition coefficient (Wildman–Crippen LogP) is 2.80. The van der Waals surface area contributed by atoms with Gasteiger partial charge in [0.25, 0.3) is 5.91 Å². The molecule has 1 atom stereocenters. The molecule has 0 bridgehead atoms. The van der Waals surface area contributed by atoms with Crippen molar-refractivity contribution in [1.82, 2.24) is 15.3 Å². The molecule has 1 aromatic carbocycles. The molecular formula is C17H21FN4O. The quantitative estimate of drug-likeness (QED) is 0.824. The van der Waals surface area contributed by atoms with Gasteiger partial charge in [-0.3, -0.25) is 4.79 Å². The molecule has 0 radical (unpaired) electrons. The maximum Gasteiger partial charge on any atom is 0.254 e. The summed E-state index contributed by atoms with van der Waals surface area (Å²) in [5, 5.41) is 5.87. The Morgan fingerprint density at radius 3 is 2.61 bits per heavy atom. The smallest absolute Gasteiger partial charge is 0.254 e. The van der Waals surface area contributed by atoms with E-state index in [9.17, 15) is 9.18 Å². The lowest BCUT2D eigenvalue weighted by Gasteiger charge is -2.11. The summed E-state index contributed by atoms with van der Waals surface area (Å²) >= 11 is 0. The van der Waals surface area contributed by atoms with Gasteiger partial charge in [-0.15, -0.1) is 0 Å². The van der Waals surface area contributed by atoms with Crippen LogP contribution in [-0.4, -0.2) is 28.5 Å². The fraction of sp³-hybridized carbons (Fsp3) is 0.353. The Hall–Kier alpha value is -2.50. The number of carbonyl (C=O) groups excluding carboxylic acids is 1. The van der Waals surface area contributed by atoms with Crippen LogP contribution < -0.4 is 10.6 Å². The van der Waals surface area contributed by atoms with Crippen LogP contribution in [0.2, 0.25) is 0 Å². The van der Waals surface area contributed by atoms with Gasteiger partial charge in [-0.2, -0.15) is 0 Å². The van der Waals surface area contributed by atoms with Gasteiger partial charge in [0.15, 0.2) is 0 Å². The standard InChI is InChI=1S/C17H21FN4O/c1-3-12(2)22-17-20-10-14(11-21-17)16(23)19-9-8-13-6-4-5-7-15(13)18/h4-7,10-12H,3,8-9H2,1-2H3,(H,19,23)(H,20,21,22). The van der Waals surface area contributed by atoms with E-state index >= 15 is 0 Å². The number of hydrogen-bond acceptors (Lipinski definition) is 4. The van der Waals surface area contributed by atoms with E-state index in [-0.39, 0.29) is 17.8 Å². The van der Waals surface area contributed by atoms with Gasteiger partial charge >= 0.3 is 0 Å². The van der Waals surface area contributed by atoms with E-state index in [2.05, 4.69) is 27.5 Å². The van der Waals surface area contributed by atoms with Crippen LogP contribution in [0.5, 0.6) is 0 Å². The van der Waals surface area contributed by atoms with E-state index in [1.807, 2.05) is 6.92 Å². The molecule has 2 aromatic rings. The summed E-state index contributed by atoms with van der Waals surface area (Å²) < 4.78 is 13.5. The molecule has 2 N–H and O–H groups in total. The zero-order chi connectivity index (χ0) is 16.7. The highest BCUT2D eigenvalue weighted by molar-refractivity contribution is 5.93. The monoisotopic (exact) mass is 316 g/mol. The lowest BCUT2D eigenvalue weighted by molar-refractivity contribution is 0.0953. The Labute approximate surface area is 135 Å². The van der Waals surface area contributed by atoms with Crippen LogP contribution in [0.3, 0.4) is 0 Å². The van der Waals surface area contributed by atoms with Crippen LogP contribution in [0.4, 0.5) is 10.3 Å². The van der Waals surface area contributed by atoms with Crippen molar-refractivity contribution in [2.45, 2.75) is 32.7 Å². The van der Waals surface area contributed by atoms with E-state index in [1.165, 1.54) is 18.5 Å². The van der Waals surface area contributed by atoms with Crippen molar-refractivity contribution in [2.24, 2.45) is 0 Å². The minimum Gasteiger partial charge on any atom is -0.352 e. The topological polar surface area (TPSA) is 66.9 Å². The van der Waals surface area contributed by atoms with E-state index in [4.69, 9.17) is 0 Å². The predicted molar refractivity (Wildman–Crippen MR) is 87.8 cm³/mol. The molecule has 0 aliphatic rings. The zero-order valence-corrected chi connectivity index (χ0v) is 13.3. The lowest BCUT2D eigenvalue weighted by atomic mass is 10.1. The highest BCUT2D eigenvalue weighted by atomic mass is 19.1. The van der Waals surface area contributed by atoms with Crippen LogP contribution in [0.15, 0.2) is 36.7 Å². The van der Waals surface area contributed by atoms with Crippen molar-refractivity contribution in [1.29, 1.82) is 0 Å². The Bertz CT molecular complexity index is 645. The molecule has 0 aliphatic carbocycles. The first-order chi connectivity index (χ1) is 11.1. The molecule has 0 fully saturated rings. The minimum absolute atomic E-state index is 0.259. The molecular weight excluding hydrogens is 295 g/mol. The maximum absolute atomic E-state index is 13.5. The second-order valence-electron chi connectivity index (χ2n) is 5.35. The van der Waals surface area contributed by atoms with Crippen molar-refractivity contribution in [3.8, 4) is 0 Å². The molecule has 5 nitrogen and oxygen atoms in total. The first-order valence-electron chi connectivity index (χ1n) is 7.70. The lowest BCUT2D eigenvalue weighted by Crippen LogP contribution is -2.26. The average Bonchev–Trinajstić information content (AvgIpc) is 2.57. The summed E-state index contributed by atoms with van der Waals surface area (Å²) in [5.74, 6) is -0.0239. The average molecular weight is 316 g/mol. The summed E-state index contributed by atoms with van der Waals surface area (Å²) in [6.45, 7) is 4.45. The highest BCUT2D eigenvalue weighted by Crippen LogP contribution is 2.07. The molecule has 23 heavy (non-hydrogen) atoms. The first-order valence-corrected chi connectivity index (χ1v) is 7.70. The molecule has 1 aromatic heterocycles. The van der Waals surface area contributed by atoms with Crippen LogP contribution >= 0.6 is 0 Å². The second-order valence-corrected chi connectivity index (χ2v) is 5.35. The summed E-state index contributed by atoms with van der Waals surface area (Å²) in [5.41, 5.74) is 0.963. The SMILES string of the molecule is CCC(C)Nc1ncc(C(=O)NCCc2ccccc2F)cn1. The van der Waals surface area contributed by atoms with Crippen molar-refractivity contribution in [2.75, 3.05) is 11.9 Å². The van der Waals surface area contributed by atoms with E-state index in [0.717, 1.165) is 6.42 Å². The van der Waals surface area contributed by atoms with Gasteiger partial charge in [0.05, 0.1) is 5.56 Å². The Balaban J connectivity index is 1.85. The molecule has 6 heteroatoms.